The van der Waals surface area contributed by atoms with Gasteiger partial charge in [-0.25, -0.2) is 4.99 Å². The molecule has 5 heteroatoms. The Bertz CT molecular complexity index is 616. The molecule has 1 aromatic rings. The molecule has 1 saturated carbocycles. The number of guanidine groups is 1. The van der Waals surface area contributed by atoms with E-state index in [9.17, 15) is 0 Å². The highest BCUT2D eigenvalue weighted by atomic mass is 16.5. The molecule has 5 nitrogen and oxygen atoms in total. The third-order valence-electron chi connectivity index (χ3n) is 4.82. The number of aliphatic imine (C=N–C) groups is 1. The Balaban J connectivity index is 1.52. The van der Waals surface area contributed by atoms with E-state index in [1.807, 2.05) is 0 Å². The van der Waals surface area contributed by atoms with Crippen molar-refractivity contribution in [3.8, 4) is 0 Å². The van der Waals surface area contributed by atoms with Crippen molar-refractivity contribution in [1.29, 1.82) is 0 Å². The van der Waals surface area contributed by atoms with E-state index >= 15 is 0 Å². The molecular weight excluding hydrogens is 324 g/mol. The minimum absolute atomic E-state index is 0.685. The largest absolute Gasteiger partial charge is 0.379 e. The third kappa shape index (κ3) is 5.77. The minimum atomic E-state index is 0.685. The topological polar surface area (TPSA) is 40.1 Å². The summed E-state index contributed by atoms with van der Waals surface area (Å²) in [5.41, 5.74) is 2.51. The molecule has 0 atom stereocenters. The molecule has 2 aliphatic rings. The maximum Gasteiger partial charge on any atom is 0.194 e. The quantitative estimate of drug-likeness (QED) is 0.320. The van der Waals surface area contributed by atoms with Gasteiger partial charge >= 0.3 is 0 Å². The zero-order chi connectivity index (χ0) is 18.2. The van der Waals surface area contributed by atoms with Crippen LogP contribution >= 0.6 is 0 Å². The lowest BCUT2D eigenvalue weighted by atomic mass is 10.2. The second-order valence-electron chi connectivity index (χ2n) is 7.16. The predicted octanol–water partition coefficient (Wildman–Crippen LogP) is 2.89. The van der Waals surface area contributed by atoms with E-state index < -0.39 is 0 Å². The highest BCUT2D eigenvalue weighted by molar-refractivity contribution is 5.79. The molecule has 142 valence electrons. The van der Waals surface area contributed by atoms with Gasteiger partial charge in [0.2, 0.25) is 0 Å². The average Bonchev–Trinajstić information content (AvgIpc) is 3.32. The highest BCUT2D eigenvalue weighted by Gasteiger charge is 2.21. The number of hydrogen-bond donors (Lipinski definition) is 1. The Kier molecular flexibility index (Phi) is 6.95. The Morgan fingerprint density at radius 2 is 2.12 bits per heavy atom. The zero-order valence-electron chi connectivity index (χ0n) is 16.2. The minimum Gasteiger partial charge on any atom is -0.379 e. The number of nitrogens with zero attached hydrogens (tertiary/aromatic N) is 3. The van der Waals surface area contributed by atoms with E-state index in [-0.39, 0.29) is 0 Å². The first-order chi connectivity index (χ1) is 12.8. The molecule has 1 heterocycles. The van der Waals surface area contributed by atoms with Crippen molar-refractivity contribution in [2.75, 3.05) is 51.3 Å². The van der Waals surface area contributed by atoms with Crippen LogP contribution in [0.25, 0.3) is 0 Å². The summed E-state index contributed by atoms with van der Waals surface area (Å²) in [6, 6.07) is 8.70. The average molecular weight is 357 g/mol. The van der Waals surface area contributed by atoms with E-state index in [4.69, 9.17) is 9.73 Å². The van der Waals surface area contributed by atoms with Crippen LogP contribution in [0.15, 0.2) is 41.4 Å². The first-order valence-electron chi connectivity index (χ1n) is 9.82. The fraction of sp³-hybridized carbons (Fsp3) is 0.571. The molecule has 1 aliphatic carbocycles. The van der Waals surface area contributed by atoms with Crippen molar-refractivity contribution >= 4 is 11.6 Å². The van der Waals surface area contributed by atoms with Gasteiger partial charge in [0.15, 0.2) is 5.96 Å². The van der Waals surface area contributed by atoms with Crippen molar-refractivity contribution in [1.82, 2.24) is 10.2 Å². The smallest absolute Gasteiger partial charge is 0.194 e. The van der Waals surface area contributed by atoms with Crippen LogP contribution in [-0.2, 0) is 11.3 Å². The fourth-order valence-electron chi connectivity index (χ4n) is 3.02. The van der Waals surface area contributed by atoms with Crippen molar-refractivity contribution < 1.29 is 4.74 Å². The molecule has 26 heavy (non-hydrogen) atoms. The van der Waals surface area contributed by atoms with E-state index in [0.717, 1.165) is 51.3 Å². The zero-order valence-corrected chi connectivity index (χ0v) is 16.2. The van der Waals surface area contributed by atoms with Crippen LogP contribution in [0.2, 0.25) is 0 Å². The Morgan fingerprint density at radius 1 is 1.31 bits per heavy atom. The standard InChI is InChI=1S/C21H32N4O/c1-3-22-21(24(2)13-14-26-17-18-9-10-18)23-16-19-7-6-8-20(15-19)25-11-4-5-12-25/h4-8,15,18H,3,9-14,16-17H2,1-2H3,(H,22,23). The van der Waals surface area contributed by atoms with Gasteiger partial charge in [-0.1, -0.05) is 24.3 Å². The monoisotopic (exact) mass is 356 g/mol. The molecule has 0 radical (unpaired) electrons. The second kappa shape index (κ2) is 9.62. The number of ether oxygens (including phenoxy) is 1. The molecule has 3 rings (SSSR count). The van der Waals surface area contributed by atoms with Crippen molar-refractivity contribution in [3.05, 3.63) is 42.0 Å². The Hall–Kier alpha value is -2.01. The fourth-order valence-corrected chi connectivity index (χ4v) is 3.02. The van der Waals surface area contributed by atoms with Gasteiger partial charge in [0.05, 0.1) is 13.2 Å². The summed E-state index contributed by atoms with van der Waals surface area (Å²) < 4.78 is 5.76. The van der Waals surface area contributed by atoms with Crippen molar-refractivity contribution in [2.45, 2.75) is 26.3 Å². The molecule has 0 aromatic heterocycles. The van der Waals surface area contributed by atoms with Crippen LogP contribution in [0.3, 0.4) is 0 Å². The lowest BCUT2D eigenvalue weighted by Gasteiger charge is -2.22. The van der Waals surface area contributed by atoms with Crippen LogP contribution < -0.4 is 10.2 Å². The normalized spacial score (nSPS) is 17.0. The number of benzene rings is 1. The first kappa shape index (κ1) is 18.8. The molecule has 0 spiro atoms. The van der Waals surface area contributed by atoms with E-state index in [2.05, 4.69) is 65.5 Å². The molecule has 1 aliphatic heterocycles. The summed E-state index contributed by atoms with van der Waals surface area (Å²) >= 11 is 0. The lowest BCUT2D eigenvalue weighted by molar-refractivity contribution is 0.115. The second-order valence-corrected chi connectivity index (χ2v) is 7.16. The predicted molar refractivity (Wildman–Crippen MR) is 109 cm³/mol. The number of likely N-dealkylation sites (N-methyl/N-ethyl adjacent to an activating group) is 1. The maximum atomic E-state index is 5.76. The molecule has 0 amide bonds. The molecule has 0 saturated heterocycles. The summed E-state index contributed by atoms with van der Waals surface area (Å²) in [5, 5.41) is 3.38. The van der Waals surface area contributed by atoms with Crippen LogP contribution in [0.5, 0.6) is 0 Å². The summed E-state index contributed by atoms with van der Waals surface area (Å²) in [7, 11) is 2.08. The van der Waals surface area contributed by atoms with Gasteiger partial charge in [-0.15, -0.1) is 0 Å². The van der Waals surface area contributed by atoms with Gasteiger partial charge in [-0.05, 0) is 43.4 Å². The van der Waals surface area contributed by atoms with Gasteiger partial charge in [0, 0.05) is 45.5 Å². The summed E-state index contributed by atoms with van der Waals surface area (Å²) in [4.78, 5) is 9.34. The molecule has 0 unspecified atom stereocenters. The Labute approximate surface area is 157 Å². The van der Waals surface area contributed by atoms with E-state index in [1.165, 1.54) is 24.1 Å². The van der Waals surface area contributed by atoms with Gasteiger partial charge in [-0.3, -0.25) is 0 Å². The molecule has 1 aromatic carbocycles. The van der Waals surface area contributed by atoms with Gasteiger partial charge < -0.3 is 19.9 Å². The van der Waals surface area contributed by atoms with Crippen molar-refractivity contribution in [2.24, 2.45) is 10.9 Å². The number of rotatable bonds is 9. The summed E-state index contributed by atoms with van der Waals surface area (Å²) in [6.45, 7) is 8.19. The first-order valence-corrected chi connectivity index (χ1v) is 9.82. The molecule has 1 fully saturated rings. The van der Waals surface area contributed by atoms with Crippen LogP contribution in [0, 0.1) is 5.92 Å². The van der Waals surface area contributed by atoms with Gasteiger partial charge in [0.1, 0.15) is 0 Å². The van der Waals surface area contributed by atoms with Gasteiger partial charge in [-0.2, -0.15) is 0 Å². The Morgan fingerprint density at radius 3 is 2.85 bits per heavy atom. The summed E-state index contributed by atoms with van der Waals surface area (Å²) in [5.74, 6) is 1.76. The third-order valence-corrected chi connectivity index (χ3v) is 4.82. The van der Waals surface area contributed by atoms with Gasteiger partial charge in [0.25, 0.3) is 0 Å². The SMILES string of the molecule is CCNC(=NCc1cccc(N2CC=CC2)c1)N(C)CCOCC1CC1. The van der Waals surface area contributed by atoms with Crippen LogP contribution in [0.4, 0.5) is 5.69 Å². The number of nitrogens with one attached hydrogen (secondary N) is 1. The summed E-state index contributed by atoms with van der Waals surface area (Å²) in [6.07, 6.45) is 7.11. The molecule has 1 N–H and O–H groups in total. The molecular formula is C21H32N4O. The lowest BCUT2D eigenvalue weighted by Crippen LogP contribution is -2.40. The maximum absolute atomic E-state index is 5.76. The van der Waals surface area contributed by atoms with Crippen LogP contribution in [-0.4, -0.2) is 57.3 Å². The molecule has 0 bridgehead atoms. The highest BCUT2D eigenvalue weighted by Crippen LogP contribution is 2.28. The van der Waals surface area contributed by atoms with Crippen LogP contribution in [0.1, 0.15) is 25.3 Å². The van der Waals surface area contributed by atoms with Crippen molar-refractivity contribution in [3.63, 3.8) is 0 Å². The van der Waals surface area contributed by atoms with E-state index in [0.29, 0.717) is 6.54 Å². The van der Waals surface area contributed by atoms with E-state index in [1.54, 1.807) is 0 Å². The number of hydrogen-bond acceptors (Lipinski definition) is 3. The number of anilines is 1.